The molecule has 2 aromatic carbocycles. The van der Waals surface area contributed by atoms with E-state index in [2.05, 4.69) is 5.32 Å². The van der Waals surface area contributed by atoms with Crippen LogP contribution in [0.3, 0.4) is 0 Å². The average molecular weight is 307 g/mol. The number of benzene rings is 2. The number of amides is 1. The SMILES string of the molecule is O=C(NCCc1ccco1)c1ccc(Oc2ccccc2)cc1. The topological polar surface area (TPSA) is 51.5 Å². The number of carbonyl (C=O) groups excluding carboxylic acids is 1. The highest BCUT2D eigenvalue weighted by molar-refractivity contribution is 5.94. The minimum absolute atomic E-state index is 0.109. The summed E-state index contributed by atoms with van der Waals surface area (Å²) in [6, 6.07) is 20.3. The summed E-state index contributed by atoms with van der Waals surface area (Å²) >= 11 is 0. The lowest BCUT2D eigenvalue weighted by Crippen LogP contribution is -2.25. The third-order valence-electron chi connectivity index (χ3n) is 3.33. The van der Waals surface area contributed by atoms with Gasteiger partial charge in [0, 0.05) is 18.5 Å². The van der Waals surface area contributed by atoms with Gasteiger partial charge in [-0.15, -0.1) is 0 Å². The molecule has 0 fully saturated rings. The molecule has 0 spiro atoms. The van der Waals surface area contributed by atoms with Crippen LogP contribution < -0.4 is 10.1 Å². The van der Waals surface area contributed by atoms with Gasteiger partial charge in [-0.05, 0) is 48.5 Å². The lowest BCUT2D eigenvalue weighted by molar-refractivity contribution is 0.0953. The average Bonchev–Trinajstić information content (AvgIpc) is 3.10. The van der Waals surface area contributed by atoms with Crippen LogP contribution in [0.2, 0.25) is 0 Å². The summed E-state index contributed by atoms with van der Waals surface area (Å²) < 4.78 is 10.9. The monoisotopic (exact) mass is 307 g/mol. The zero-order valence-corrected chi connectivity index (χ0v) is 12.6. The van der Waals surface area contributed by atoms with E-state index >= 15 is 0 Å². The number of carbonyl (C=O) groups is 1. The Morgan fingerprint density at radius 2 is 1.65 bits per heavy atom. The summed E-state index contributed by atoms with van der Waals surface area (Å²) in [5.41, 5.74) is 0.602. The lowest BCUT2D eigenvalue weighted by Gasteiger charge is -2.07. The maximum Gasteiger partial charge on any atom is 0.251 e. The highest BCUT2D eigenvalue weighted by atomic mass is 16.5. The van der Waals surface area contributed by atoms with Crippen LogP contribution in [0.15, 0.2) is 77.4 Å². The number of hydrogen-bond acceptors (Lipinski definition) is 3. The molecule has 0 saturated heterocycles. The molecule has 0 saturated carbocycles. The summed E-state index contributed by atoms with van der Waals surface area (Å²) in [5.74, 6) is 2.21. The van der Waals surface area contributed by atoms with Crippen LogP contribution in [0.25, 0.3) is 0 Å². The van der Waals surface area contributed by atoms with Gasteiger partial charge in [-0.25, -0.2) is 0 Å². The summed E-state index contributed by atoms with van der Waals surface area (Å²) in [6.45, 7) is 0.536. The predicted molar refractivity (Wildman–Crippen MR) is 87.7 cm³/mol. The van der Waals surface area contributed by atoms with Crippen LogP contribution in [0.5, 0.6) is 11.5 Å². The normalized spacial score (nSPS) is 10.3. The van der Waals surface area contributed by atoms with Crippen molar-refractivity contribution in [3.63, 3.8) is 0 Å². The minimum atomic E-state index is -0.109. The Labute approximate surface area is 134 Å². The van der Waals surface area contributed by atoms with Crippen molar-refractivity contribution in [3.8, 4) is 11.5 Å². The molecule has 3 aromatic rings. The molecule has 1 N–H and O–H groups in total. The molecule has 0 unspecified atom stereocenters. The van der Waals surface area contributed by atoms with E-state index in [1.54, 1.807) is 30.5 Å². The van der Waals surface area contributed by atoms with Crippen LogP contribution in [0, 0.1) is 0 Å². The first kappa shape index (κ1) is 14.9. The summed E-state index contributed by atoms with van der Waals surface area (Å²) in [5, 5.41) is 2.87. The molecule has 0 aliphatic carbocycles. The van der Waals surface area contributed by atoms with Crippen molar-refractivity contribution < 1.29 is 13.9 Å². The van der Waals surface area contributed by atoms with Gasteiger partial charge in [-0.1, -0.05) is 18.2 Å². The molecule has 0 bridgehead atoms. The van der Waals surface area contributed by atoms with Gasteiger partial charge in [-0.3, -0.25) is 4.79 Å². The fraction of sp³-hybridized carbons (Fsp3) is 0.105. The van der Waals surface area contributed by atoms with Gasteiger partial charge in [0.05, 0.1) is 6.26 Å². The molecule has 0 aliphatic rings. The molecule has 1 aromatic heterocycles. The van der Waals surface area contributed by atoms with Crippen LogP contribution >= 0.6 is 0 Å². The first-order valence-electron chi connectivity index (χ1n) is 7.45. The second-order valence-corrected chi connectivity index (χ2v) is 5.02. The zero-order chi connectivity index (χ0) is 15.9. The van der Waals surface area contributed by atoms with Gasteiger partial charge < -0.3 is 14.5 Å². The Morgan fingerprint density at radius 1 is 0.913 bits per heavy atom. The molecule has 4 heteroatoms. The first-order chi connectivity index (χ1) is 11.3. The molecular formula is C19H17NO3. The van der Waals surface area contributed by atoms with Gasteiger partial charge in [0.25, 0.3) is 5.91 Å². The largest absolute Gasteiger partial charge is 0.469 e. The molecule has 1 heterocycles. The second-order valence-electron chi connectivity index (χ2n) is 5.02. The number of ether oxygens (including phenoxy) is 1. The number of furan rings is 1. The van der Waals surface area contributed by atoms with E-state index in [1.165, 1.54) is 0 Å². The van der Waals surface area contributed by atoms with Crippen molar-refractivity contribution >= 4 is 5.91 Å². The number of nitrogens with one attached hydrogen (secondary N) is 1. The quantitative estimate of drug-likeness (QED) is 0.747. The van der Waals surface area contributed by atoms with E-state index in [-0.39, 0.29) is 5.91 Å². The molecule has 23 heavy (non-hydrogen) atoms. The third kappa shape index (κ3) is 4.23. The Bertz CT molecular complexity index is 734. The molecule has 0 aliphatic heterocycles. The number of rotatable bonds is 6. The van der Waals surface area contributed by atoms with Gasteiger partial charge in [0.1, 0.15) is 17.3 Å². The van der Waals surface area contributed by atoms with Crippen LogP contribution in [-0.4, -0.2) is 12.5 Å². The van der Waals surface area contributed by atoms with Crippen molar-refractivity contribution in [2.45, 2.75) is 6.42 Å². The molecular weight excluding hydrogens is 290 g/mol. The molecule has 3 rings (SSSR count). The molecule has 116 valence electrons. The van der Waals surface area contributed by atoms with Gasteiger partial charge in [0.15, 0.2) is 0 Å². The number of hydrogen-bond donors (Lipinski definition) is 1. The maximum atomic E-state index is 12.1. The smallest absolute Gasteiger partial charge is 0.251 e. The van der Waals surface area contributed by atoms with Gasteiger partial charge in [0.2, 0.25) is 0 Å². The van der Waals surface area contributed by atoms with E-state index < -0.39 is 0 Å². The van der Waals surface area contributed by atoms with E-state index in [4.69, 9.17) is 9.15 Å². The molecule has 0 atom stereocenters. The Balaban J connectivity index is 1.53. The Kier molecular flexibility index (Phi) is 4.74. The summed E-state index contributed by atoms with van der Waals surface area (Å²) in [6.07, 6.45) is 2.30. The predicted octanol–water partition coefficient (Wildman–Crippen LogP) is 4.04. The molecule has 0 radical (unpaired) electrons. The highest BCUT2D eigenvalue weighted by Crippen LogP contribution is 2.21. The summed E-state index contributed by atoms with van der Waals surface area (Å²) in [7, 11) is 0. The molecule has 4 nitrogen and oxygen atoms in total. The highest BCUT2D eigenvalue weighted by Gasteiger charge is 2.06. The van der Waals surface area contributed by atoms with E-state index in [0.717, 1.165) is 11.5 Å². The minimum Gasteiger partial charge on any atom is -0.469 e. The van der Waals surface area contributed by atoms with E-state index in [9.17, 15) is 4.79 Å². The van der Waals surface area contributed by atoms with Crippen LogP contribution in [-0.2, 0) is 6.42 Å². The summed E-state index contributed by atoms with van der Waals surface area (Å²) in [4.78, 5) is 12.1. The third-order valence-corrected chi connectivity index (χ3v) is 3.33. The van der Waals surface area contributed by atoms with Crippen molar-refractivity contribution in [3.05, 3.63) is 84.3 Å². The maximum absolute atomic E-state index is 12.1. The first-order valence-corrected chi connectivity index (χ1v) is 7.45. The molecule has 1 amide bonds. The Hall–Kier alpha value is -3.01. The van der Waals surface area contributed by atoms with Crippen molar-refractivity contribution in [2.75, 3.05) is 6.54 Å². The van der Waals surface area contributed by atoms with Gasteiger partial charge >= 0.3 is 0 Å². The van der Waals surface area contributed by atoms with Crippen molar-refractivity contribution in [1.29, 1.82) is 0 Å². The number of para-hydroxylation sites is 1. The van der Waals surface area contributed by atoms with Crippen LogP contribution in [0.4, 0.5) is 0 Å². The standard InChI is InChI=1S/C19H17NO3/c21-19(20-13-12-16-7-4-14-22-16)15-8-10-18(11-9-15)23-17-5-2-1-3-6-17/h1-11,14H,12-13H2,(H,20,21). The van der Waals surface area contributed by atoms with E-state index in [1.807, 2.05) is 42.5 Å². The second kappa shape index (κ2) is 7.31. The Morgan fingerprint density at radius 3 is 2.35 bits per heavy atom. The fourth-order valence-corrected chi connectivity index (χ4v) is 2.16. The van der Waals surface area contributed by atoms with Crippen molar-refractivity contribution in [1.82, 2.24) is 5.32 Å². The van der Waals surface area contributed by atoms with Crippen LogP contribution in [0.1, 0.15) is 16.1 Å². The van der Waals surface area contributed by atoms with E-state index in [0.29, 0.717) is 24.3 Å². The zero-order valence-electron chi connectivity index (χ0n) is 12.6. The van der Waals surface area contributed by atoms with Crippen molar-refractivity contribution in [2.24, 2.45) is 0 Å². The fourth-order valence-electron chi connectivity index (χ4n) is 2.16. The lowest BCUT2D eigenvalue weighted by atomic mass is 10.2. The van der Waals surface area contributed by atoms with Gasteiger partial charge in [-0.2, -0.15) is 0 Å².